The average Bonchev–Trinajstić information content (AvgIpc) is 2.54. The number of carbonyl (C=O) groups is 1. The summed E-state index contributed by atoms with van der Waals surface area (Å²) in [5.74, 6) is -0.418. The highest BCUT2D eigenvalue weighted by atomic mass is 35.5. The lowest BCUT2D eigenvalue weighted by Gasteiger charge is -2.13. The number of quaternary nitrogens is 1. The van der Waals surface area contributed by atoms with Crippen LogP contribution in [0.15, 0.2) is 48.5 Å². The summed E-state index contributed by atoms with van der Waals surface area (Å²) in [5.41, 5.74) is 0.156. The second-order valence-corrected chi connectivity index (χ2v) is 5.79. The smallest absolute Gasteiger partial charge is 0.333 e. The van der Waals surface area contributed by atoms with Crippen molar-refractivity contribution in [2.24, 2.45) is 0 Å². The summed E-state index contributed by atoms with van der Waals surface area (Å²) in [5, 5.41) is 4.29. The third kappa shape index (κ3) is 4.97. The van der Waals surface area contributed by atoms with Gasteiger partial charge >= 0.3 is 6.18 Å². The number of carbonyl (C=O) groups excluding carboxylic acids is 1. The topological polar surface area (TPSA) is 45.7 Å². The maximum absolute atomic E-state index is 12.7. The zero-order valence-electron chi connectivity index (χ0n) is 12.9. The van der Waals surface area contributed by atoms with Crippen molar-refractivity contribution < 1.29 is 23.3 Å². The molecule has 0 aliphatic carbocycles. The van der Waals surface area contributed by atoms with Crippen LogP contribution < -0.4 is 10.6 Å². The van der Waals surface area contributed by atoms with Gasteiger partial charge in [-0.1, -0.05) is 41.9 Å². The first-order valence-corrected chi connectivity index (χ1v) is 7.70. The molecule has 24 heavy (non-hydrogen) atoms. The predicted molar refractivity (Wildman–Crippen MR) is 86.7 cm³/mol. The minimum atomic E-state index is -4.49. The molecule has 1 amide bonds. The van der Waals surface area contributed by atoms with E-state index in [1.165, 1.54) is 0 Å². The molecule has 7 heteroatoms. The van der Waals surface area contributed by atoms with Gasteiger partial charge in [0.1, 0.15) is 6.04 Å². The Hall–Kier alpha value is -2.05. The number of benzene rings is 2. The molecule has 0 spiro atoms. The Labute approximate surface area is 142 Å². The minimum Gasteiger partial charge on any atom is -0.333 e. The molecule has 2 aromatic carbocycles. The second kappa shape index (κ2) is 7.68. The molecule has 0 aliphatic rings. The summed E-state index contributed by atoms with van der Waals surface area (Å²) in [6, 6.07) is 12.5. The van der Waals surface area contributed by atoms with Crippen molar-refractivity contribution in [3.63, 3.8) is 0 Å². The van der Waals surface area contributed by atoms with E-state index in [4.69, 9.17) is 11.6 Å². The van der Waals surface area contributed by atoms with Crippen LogP contribution in [0.1, 0.15) is 24.1 Å². The normalized spacial score (nSPS) is 12.7. The molecule has 0 saturated carbocycles. The number of hydrogen-bond acceptors (Lipinski definition) is 1. The fourth-order valence-corrected chi connectivity index (χ4v) is 2.34. The van der Waals surface area contributed by atoms with Gasteiger partial charge in [-0.05, 0) is 25.1 Å². The molecule has 1 atom stereocenters. The Balaban J connectivity index is 1.97. The van der Waals surface area contributed by atoms with Crippen LogP contribution in [0.2, 0.25) is 5.02 Å². The maximum atomic E-state index is 12.7. The summed E-state index contributed by atoms with van der Waals surface area (Å²) >= 11 is 5.86. The number of amides is 1. The molecule has 0 heterocycles. The van der Waals surface area contributed by atoms with Gasteiger partial charge in [0.25, 0.3) is 5.91 Å². The Morgan fingerprint density at radius 3 is 2.50 bits per heavy atom. The highest BCUT2D eigenvalue weighted by Crippen LogP contribution is 2.33. The van der Waals surface area contributed by atoms with Gasteiger partial charge in [0, 0.05) is 5.56 Å². The van der Waals surface area contributed by atoms with E-state index in [0.717, 1.165) is 23.8 Å². The average molecular weight is 358 g/mol. The van der Waals surface area contributed by atoms with E-state index in [-0.39, 0.29) is 23.3 Å². The van der Waals surface area contributed by atoms with Crippen LogP contribution in [0.4, 0.5) is 18.9 Å². The summed E-state index contributed by atoms with van der Waals surface area (Å²) in [4.78, 5) is 12.0. The van der Waals surface area contributed by atoms with E-state index >= 15 is 0 Å². The Kier molecular flexibility index (Phi) is 5.85. The Bertz CT molecular complexity index is 705. The van der Waals surface area contributed by atoms with Crippen LogP contribution in [-0.4, -0.2) is 12.5 Å². The number of rotatable bonds is 5. The van der Waals surface area contributed by atoms with Gasteiger partial charge in [-0.25, -0.2) is 0 Å². The van der Waals surface area contributed by atoms with Crippen LogP contribution in [0.5, 0.6) is 0 Å². The van der Waals surface area contributed by atoms with Crippen LogP contribution in [0, 0.1) is 0 Å². The first kappa shape index (κ1) is 18.3. The van der Waals surface area contributed by atoms with E-state index in [0.29, 0.717) is 0 Å². The summed E-state index contributed by atoms with van der Waals surface area (Å²) in [6.07, 6.45) is -4.49. The molecule has 0 aliphatic heterocycles. The van der Waals surface area contributed by atoms with Crippen molar-refractivity contribution in [2.75, 3.05) is 11.9 Å². The fraction of sp³-hybridized carbons (Fsp3) is 0.235. The van der Waals surface area contributed by atoms with Crippen molar-refractivity contribution in [3.05, 3.63) is 64.7 Å². The number of nitrogens with one attached hydrogen (secondary N) is 1. The maximum Gasteiger partial charge on any atom is 0.416 e. The highest BCUT2D eigenvalue weighted by Gasteiger charge is 2.31. The molecule has 2 rings (SSSR count). The van der Waals surface area contributed by atoms with E-state index in [1.54, 1.807) is 5.32 Å². The lowest BCUT2D eigenvalue weighted by molar-refractivity contribution is -0.682. The molecule has 0 bridgehead atoms. The molecular formula is C17H17ClF3N2O+. The third-order valence-corrected chi connectivity index (χ3v) is 3.88. The Morgan fingerprint density at radius 2 is 1.88 bits per heavy atom. The van der Waals surface area contributed by atoms with Crippen molar-refractivity contribution >= 4 is 23.2 Å². The molecule has 0 saturated heterocycles. The van der Waals surface area contributed by atoms with Gasteiger partial charge in [-0.15, -0.1) is 0 Å². The summed E-state index contributed by atoms with van der Waals surface area (Å²) in [7, 11) is 0. The lowest BCUT2D eigenvalue weighted by atomic mass is 10.1. The van der Waals surface area contributed by atoms with Crippen LogP contribution in [-0.2, 0) is 11.0 Å². The molecular weight excluding hydrogens is 341 g/mol. The van der Waals surface area contributed by atoms with Gasteiger partial charge in [0.2, 0.25) is 0 Å². The van der Waals surface area contributed by atoms with E-state index in [9.17, 15) is 18.0 Å². The molecule has 2 aromatic rings. The number of alkyl halides is 3. The minimum absolute atomic E-state index is 0.0442. The lowest BCUT2D eigenvalue weighted by Crippen LogP contribution is -2.86. The van der Waals surface area contributed by atoms with Gasteiger partial charge in [-0.2, -0.15) is 13.2 Å². The van der Waals surface area contributed by atoms with E-state index < -0.39 is 17.6 Å². The van der Waals surface area contributed by atoms with Crippen molar-refractivity contribution in [3.8, 4) is 0 Å². The summed E-state index contributed by atoms with van der Waals surface area (Å²) in [6.45, 7) is 2.02. The zero-order chi connectivity index (χ0) is 17.7. The van der Waals surface area contributed by atoms with Crippen LogP contribution in [0.25, 0.3) is 0 Å². The molecule has 0 fully saturated rings. The predicted octanol–water partition coefficient (Wildman–Crippen LogP) is 3.62. The van der Waals surface area contributed by atoms with Crippen LogP contribution in [0.3, 0.4) is 0 Å². The molecule has 0 radical (unpaired) electrons. The number of anilines is 1. The molecule has 3 N–H and O–H groups in total. The number of nitrogens with two attached hydrogens (primary N) is 1. The van der Waals surface area contributed by atoms with Crippen LogP contribution >= 0.6 is 11.6 Å². The Morgan fingerprint density at radius 1 is 1.21 bits per heavy atom. The molecule has 128 valence electrons. The highest BCUT2D eigenvalue weighted by molar-refractivity contribution is 6.33. The van der Waals surface area contributed by atoms with Gasteiger partial charge in [0.15, 0.2) is 6.54 Å². The molecule has 0 aromatic heterocycles. The van der Waals surface area contributed by atoms with Crippen molar-refractivity contribution in [2.45, 2.75) is 19.1 Å². The van der Waals surface area contributed by atoms with Gasteiger partial charge in [0.05, 0.1) is 16.3 Å². The first-order chi connectivity index (χ1) is 11.3. The van der Waals surface area contributed by atoms with Gasteiger partial charge in [-0.3, -0.25) is 4.79 Å². The quantitative estimate of drug-likeness (QED) is 0.843. The number of halogens is 4. The SMILES string of the molecule is C[C@H]([NH2+]CC(=O)Nc1cc(C(F)(F)F)ccc1Cl)c1ccccc1. The summed E-state index contributed by atoms with van der Waals surface area (Å²) < 4.78 is 38.1. The fourth-order valence-electron chi connectivity index (χ4n) is 2.18. The molecule has 0 unspecified atom stereocenters. The first-order valence-electron chi connectivity index (χ1n) is 7.32. The monoisotopic (exact) mass is 357 g/mol. The zero-order valence-corrected chi connectivity index (χ0v) is 13.7. The number of hydrogen-bond donors (Lipinski definition) is 2. The molecule has 3 nitrogen and oxygen atoms in total. The van der Waals surface area contributed by atoms with Crippen molar-refractivity contribution in [1.82, 2.24) is 0 Å². The standard InChI is InChI=1S/C17H16ClF3N2O/c1-11(12-5-3-2-4-6-12)22-10-16(24)23-15-9-13(17(19,20)21)7-8-14(15)18/h2-9,11,22H,10H2,1H3,(H,23,24)/p+1/t11-/m0/s1. The van der Waals surface area contributed by atoms with E-state index in [2.05, 4.69) is 5.32 Å². The van der Waals surface area contributed by atoms with E-state index in [1.807, 2.05) is 37.3 Å². The largest absolute Gasteiger partial charge is 0.416 e. The van der Waals surface area contributed by atoms with Crippen molar-refractivity contribution in [1.29, 1.82) is 0 Å². The third-order valence-electron chi connectivity index (χ3n) is 3.55. The van der Waals surface area contributed by atoms with Gasteiger partial charge < -0.3 is 10.6 Å². The second-order valence-electron chi connectivity index (χ2n) is 5.38.